The monoisotopic (exact) mass is 270 g/mol. The van der Waals surface area contributed by atoms with Crippen LogP contribution in [0.2, 0.25) is 0 Å². The van der Waals surface area contributed by atoms with Crippen molar-refractivity contribution in [3.05, 3.63) is 0 Å². The zero-order chi connectivity index (χ0) is 13.9. The fourth-order valence-corrected chi connectivity index (χ4v) is 3.29. The van der Waals surface area contributed by atoms with E-state index in [9.17, 15) is 9.90 Å². The van der Waals surface area contributed by atoms with Crippen molar-refractivity contribution < 1.29 is 14.6 Å². The molecular formula is C14H26N2O3. The van der Waals surface area contributed by atoms with Gasteiger partial charge in [-0.3, -0.25) is 9.69 Å². The number of ether oxygens (including phenoxy) is 1. The van der Waals surface area contributed by atoms with E-state index in [4.69, 9.17) is 10.5 Å². The topological polar surface area (TPSA) is 75.8 Å². The van der Waals surface area contributed by atoms with Crippen LogP contribution in [0.3, 0.4) is 0 Å². The Balaban J connectivity index is 2.01. The number of aliphatic carboxylic acids is 1. The number of rotatable bonds is 3. The van der Waals surface area contributed by atoms with Crippen LogP contribution in [0.15, 0.2) is 0 Å². The Morgan fingerprint density at radius 3 is 3.00 bits per heavy atom. The minimum Gasteiger partial charge on any atom is -0.480 e. The quantitative estimate of drug-likeness (QED) is 0.806. The summed E-state index contributed by atoms with van der Waals surface area (Å²) in [5.41, 5.74) is 5.02. The van der Waals surface area contributed by atoms with Gasteiger partial charge in [0.05, 0.1) is 6.10 Å². The average Bonchev–Trinajstić information content (AvgIpc) is 2.64. The molecule has 2 aliphatic rings. The van der Waals surface area contributed by atoms with E-state index in [1.165, 1.54) is 0 Å². The standard InChI is InChI=1S/C14H26N2O3/c1-2-12-10-16(7-4-8-19-12)11-5-3-6-14(15,9-11)13(17)18/h11-12H,2-10,15H2,1H3,(H,17,18). The van der Waals surface area contributed by atoms with Crippen LogP contribution in [0, 0.1) is 0 Å². The minimum atomic E-state index is -1.03. The van der Waals surface area contributed by atoms with Crippen molar-refractivity contribution in [2.45, 2.75) is 63.1 Å². The van der Waals surface area contributed by atoms with E-state index < -0.39 is 11.5 Å². The maximum Gasteiger partial charge on any atom is 0.323 e. The van der Waals surface area contributed by atoms with Gasteiger partial charge in [-0.25, -0.2) is 0 Å². The zero-order valence-corrected chi connectivity index (χ0v) is 11.8. The van der Waals surface area contributed by atoms with Crippen molar-refractivity contribution in [1.82, 2.24) is 4.90 Å². The summed E-state index contributed by atoms with van der Waals surface area (Å²) in [5, 5.41) is 9.30. The van der Waals surface area contributed by atoms with Gasteiger partial charge in [-0.1, -0.05) is 6.92 Å². The SMILES string of the molecule is CCC1CN(C2CCCC(N)(C(=O)O)C2)CCCO1. The molecule has 0 aromatic carbocycles. The number of nitrogens with two attached hydrogens (primary N) is 1. The molecule has 1 saturated carbocycles. The number of carboxylic acid groups (broad SMARTS) is 1. The van der Waals surface area contributed by atoms with E-state index >= 15 is 0 Å². The maximum atomic E-state index is 11.3. The van der Waals surface area contributed by atoms with Gasteiger partial charge in [0.2, 0.25) is 0 Å². The molecule has 0 aromatic heterocycles. The van der Waals surface area contributed by atoms with E-state index in [0.29, 0.717) is 18.9 Å². The van der Waals surface area contributed by atoms with Crippen molar-refractivity contribution in [2.75, 3.05) is 19.7 Å². The molecule has 0 radical (unpaired) electrons. The molecule has 5 nitrogen and oxygen atoms in total. The van der Waals surface area contributed by atoms with Crippen molar-refractivity contribution in [1.29, 1.82) is 0 Å². The molecule has 110 valence electrons. The molecule has 19 heavy (non-hydrogen) atoms. The average molecular weight is 270 g/mol. The Hall–Kier alpha value is -0.650. The number of hydrogen-bond donors (Lipinski definition) is 2. The Morgan fingerprint density at radius 1 is 1.53 bits per heavy atom. The second-order valence-electron chi connectivity index (χ2n) is 5.96. The first-order valence-corrected chi connectivity index (χ1v) is 7.43. The molecule has 0 amide bonds. The molecule has 3 atom stereocenters. The lowest BCUT2D eigenvalue weighted by Gasteiger charge is -2.40. The minimum absolute atomic E-state index is 0.279. The lowest BCUT2D eigenvalue weighted by molar-refractivity contribution is -0.145. The fraction of sp³-hybridized carbons (Fsp3) is 0.929. The molecule has 0 spiro atoms. The molecule has 1 heterocycles. The third-order valence-corrected chi connectivity index (χ3v) is 4.54. The predicted octanol–water partition coefficient (Wildman–Crippen LogP) is 1.21. The first-order valence-electron chi connectivity index (χ1n) is 7.43. The van der Waals surface area contributed by atoms with Crippen molar-refractivity contribution in [3.8, 4) is 0 Å². The molecular weight excluding hydrogens is 244 g/mol. The highest BCUT2D eigenvalue weighted by atomic mass is 16.5. The lowest BCUT2D eigenvalue weighted by Crippen LogP contribution is -2.56. The largest absolute Gasteiger partial charge is 0.480 e. The first-order chi connectivity index (χ1) is 9.05. The van der Waals surface area contributed by atoms with Crippen LogP contribution in [-0.4, -0.2) is 53.4 Å². The van der Waals surface area contributed by atoms with Crippen LogP contribution in [0.25, 0.3) is 0 Å². The Morgan fingerprint density at radius 2 is 2.32 bits per heavy atom. The molecule has 1 aliphatic heterocycles. The van der Waals surface area contributed by atoms with E-state index in [0.717, 1.165) is 45.4 Å². The predicted molar refractivity (Wildman–Crippen MR) is 73.0 cm³/mol. The molecule has 1 saturated heterocycles. The lowest BCUT2D eigenvalue weighted by atomic mass is 9.79. The molecule has 1 aliphatic carbocycles. The third kappa shape index (κ3) is 3.46. The maximum absolute atomic E-state index is 11.3. The third-order valence-electron chi connectivity index (χ3n) is 4.54. The summed E-state index contributed by atoms with van der Waals surface area (Å²) in [6.45, 7) is 4.86. The fourth-order valence-electron chi connectivity index (χ4n) is 3.29. The Bertz CT molecular complexity index is 324. The van der Waals surface area contributed by atoms with Gasteiger partial charge in [-0.15, -0.1) is 0 Å². The molecule has 0 bridgehead atoms. The van der Waals surface area contributed by atoms with Crippen LogP contribution in [0.4, 0.5) is 0 Å². The summed E-state index contributed by atoms with van der Waals surface area (Å²) < 4.78 is 5.78. The van der Waals surface area contributed by atoms with E-state index in [2.05, 4.69) is 11.8 Å². The second-order valence-corrected chi connectivity index (χ2v) is 5.96. The summed E-state index contributed by atoms with van der Waals surface area (Å²) in [7, 11) is 0. The van der Waals surface area contributed by atoms with Crippen LogP contribution < -0.4 is 5.73 Å². The van der Waals surface area contributed by atoms with Gasteiger partial charge in [0, 0.05) is 25.7 Å². The highest BCUT2D eigenvalue weighted by molar-refractivity contribution is 5.78. The van der Waals surface area contributed by atoms with Gasteiger partial charge in [-0.2, -0.15) is 0 Å². The summed E-state index contributed by atoms with van der Waals surface area (Å²) in [6, 6.07) is 0.297. The van der Waals surface area contributed by atoms with Gasteiger partial charge in [0.1, 0.15) is 5.54 Å². The summed E-state index contributed by atoms with van der Waals surface area (Å²) >= 11 is 0. The highest BCUT2D eigenvalue weighted by Crippen LogP contribution is 2.30. The highest BCUT2D eigenvalue weighted by Gasteiger charge is 2.41. The molecule has 0 aromatic rings. The van der Waals surface area contributed by atoms with Gasteiger partial charge in [-0.05, 0) is 38.5 Å². The summed E-state index contributed by atoms with van der Waals surface area (Å²) in [6.07, 6.45) is 5.44. The number of carbonyl (C=O) groups is 1. The summed E-state index contributed by atoms with van der Waals surface area (Å²) in [5.74, 6) is -0.852. The van der Waals surface area contributed by atoms with Crippen LogP contribution >= 0.6 is 0 Å². The van der Waals surface area contributed by atoms with Gasteiger partial charge in [0.15, 0.2) is 0 Å². The van der Waals surface area contributed by atoms with Crippen molar-refractivity contribution >= 4 is 5.97 Å². The van der Waals surface area contributed by atoms with E-state index in [1.807, 2.05) is 0 Å². The van der Waals surface area contributed by atoms with Gasteiger partial charge in [0.25, 0.3) is 0 Å². The Labute approximate surface area is 115 Å². The smallest absolute Gasteiger partial charge is 0.323 e. The molecule has 2 fully saturated rings. The van der Waals surface area contributed by atoms with Gasteiger partial charge >= 0.3 is 5.97 Å². The van der Waals surface area contributed by atoms with Crippen LogP contribution in [0.1, 0.15) is 45.4 Å². The zero-order valence-electron chi connectivity index (χ0n) is 11.8. The number of hydrogen-bond acceptors (Lipinski definition) is 4. The van der Waals surface area contributed by atoms with Crippen LogP contribution in [0.5, 0.6) is 0 Å². The van der Waals surface area contributed by atoms with Crippen LogP contribution in [-0.2, 0) is 9.53 Å². The Kier molecular flexibility index (Phi) is 4.81. The molecule has 3 unspecified atom stereocenters. The number of carboxylic acids is 1. The molecule has 3 N–H and O–H groups in total. The second kappa shape index (κ2) is 6.20. The molecule has 2 rings (SSSR count). The van der Waals surface area contributed by atoms with Gasteiger partial charge < -0.3 is 15.6 Å². The number of nitrogens with zero attached hydrogens (tertiary/aromatic N) is 1. The van der Waals surface area contributed by atoms with E-state index in [-0.39, 0.29) is 6.10 Å². The summed E-state index contributed by atoms with van der Waals surface area (Å²) in [4.78, 5) is 13.7. The van der Waals surface area contributed by atoms with E-state index in [1.54, 1.807) is 0 Å². The first kappa shape index (κ1) is 14.8. The van der Waals surface area contributed by atoms with Crippen molar-refractivity contribution in [3.63, 3.8) is 0 Å². The molecule has 5 heteroatoms. The van der Waals surface area contributed by atoms with Crippen molar-refractivity contribution in [2.24, 2.45) is 5.73 Å². The normalized spacial score (nSPS) is 37.8.